The van der Waals surface area contributed by atoms with Crippen molar-refractivity contribution in [3.05, 3.63) is 100 Å². The van der Waals surface area contributed by atoms with Gasteiger partial charge in [-0.25, -0.2) is 10.1 Å². The third-order valence-corrected chi connectivity index (χ3v) is 7.38. The van der Waals surface area contributed by atoms with Crippen LogP contribution in [0.5, 0.6) is 5.75 Å². The molecule has 0 saturated heterocycles. The molecule has 0 atom stereocenters. The maximum atomic E-state index is 12.6. The van der Waals surface area contributed by atoms with Gasteiger partial charge in [0.05, 0.1) is 29.9 Å². The lowest BCUT2D eigenvalue weighted by molar-refractivity contribution is 0.102. The quantitative estimate of drug-likeness (QED) is 0.239. The van der Waals surface area contributed by atoms with Crippen molar-refractivity contribution in [2.45, 2.75) is 19.9 Å². The lowest BCUT2D eigenvalue weighted by Crippen LogP contribution is -2.24. The summed E-state index contributed by atoms with van der Waals surface area (Å²) in [6, 6.07) is 24.0. The van der Waals surface area contributed by atoms with Gasteiger partial charge in [-0.15, -0.1) is 0 Å². The number of fused-ring (bicyclic) bond motifs is 1. The molecule has 0 saturated carbocycles. The molecule has 6 aromatic rings. The Kier molecular flexibility index (Phi) is 7.42. The molecule has 3 aromatic carbocycles. The Morgan fingerprint density at radius 3 is 2.56 bits per heavy atom. The first-order valence-corrected chi connectivity index (χ1v) is 14.2. The number of aromatic amines is 1. The molecule has 1 amide bonds. The highest BCUT2D eigenvalue weighted by Crippen LogP contribution is 2.25. The van der Waals surface area contributed by atoms with Crippen LogP contribution in [-0.4, -0.2) is 42.3 Å². The van der Waals surface area contributed by atoms with Gasteiger partial charge in [0.1, 0.15) is 5.75 Å². The molecule has 3 heterocycles. The molecule has 11 heteroatoms. The molecule has 0 aliphatic rings. The van der Waals surface area contributed by atoms with Gasteiger partial charge in [0, 0.05) is 18.7 Å². The molecular weight excluding hydrogens is 536 g/mol. The molecular formula is C30H28N8O2S. The fraction of sp³-hybridized carbons (Fsp3) is 0.167. The summed E-state index contributed by atoms with van der Waals surface area (Å²) in [5, 5.41) is 20.0. The van der Waals surface area contributed by atoms with Crippen LogP contribution in [0.3, 0.4) is 0 Å². The fourth-order valence-corrected chi connectivity index (χ4v) is 5.27. The third-order valence-electron chi connectivity index (χ3n) is 6.70. The van der Waals surface area contributed by atoms with E-state index < -0.39 is 0 Å². The minimum absolute atomic E-state index is 0.197. The number of carbonyl (C=O) groups is 1. The van der Waals surface area contributed by atoms with Gasteiger partial charge >= 0.3 is 0 Å². The van der Waals surface area contributed by atoms with E-state index in [1.807, 2.05) is 37.4 Å². The number of nitrogens with one attached hydrogen (secondary N) is 2. The van der Waals surface area contributed by atoms with Crippen LogP contribution >= 0.6 is 11.3 Å². The van der Waals surface area contributed by atoms with Gasteiger partial charge in [-0.3, -0.25) is 10.1 Å². The molecule has 0 unspecified atom stereocenters. The molecule has 10 nitrogen and oxygen atoms in total. The van der Waals surface area contributed by atoms with Crippen molar-refractivity contribution in [3.8, 4) is 16.9 Å². The van der Waals surface area contributed by atoms with Crippen LogP contribution in [0, 0.1) is 0 Å². The van der Waals surface area contributed by atoms with Crippen LogP contribution in [0.25, 0.3) is 22.2 Å². The van der Waals surface area contributed by atoms with Crippen molar-refractivity contribution in [2.24, 2.45) is 12.0 Å². The number of aryl methyl sites for hydroxylation is 1. The van der Waals surface area contributed by atoms with Gasteiger partial charge in [0.25, 0.3) is 5.91 Å². The molecule has 0 aliphatic carbocycles. The number of aromatic nitrogens is 6. The number of nitrogens with zero attached hydrogens (tertiary/aromatic N) is 6. The summed E-state index contributed by atoms with van der Waals surface area (Å²) in [5.41, 5.74) is 7.61. The van der Waals surface area contributed by atoms with Crippen molar-refractivity contribution in [3.63, 3.8) is 0 Å². The van der Waals surface area contributed by atoms with E-state index in [4.69, 9.17) is 9.73 Å². The second-order valence-electron chi connectivity index (χ2n) is 9.52. The normalized spacial score (nSPS) is 11.7. The Morgan fingerprint density at radius 2 is 1.85 bits per heavy atom. The molecule has 41 heavy (non-hydrogen) atoms. The molecule has 0 aliphatic heterocycles. The molecule has 206 valence electrons. The highest BCUT2D eigenvalue weighted by Gasteiger charge is 2.13. The van der Waals surface area contributed by atoms with Gasteiger partial charge < -0.3 is 13.9 Å². The highest BCUT2D eigenvalue weighted by molar-refractivity contribution is 7.08. The lowest BCUT2D eigenvalue weighted by Gasteiger charge is -2.08. The number of benzene rings is 3. The van der Waals surface area contributed by atoms with E-state index in [-0.39, 0.29) is 11.9 Å². The first-order valence-electron chi connectivity index (χ1n) is 13.2. The average molecular weight is 565 g/mol. The number of amides is 1. The van der Waals surface area contributed by atoms with Gasteiger partial charge in [-0.1, -0.05) is 36.3 Å². The zero-order valence-corrected chi connectivity index (χ0v) is 23.4. The fourth-order valence-electron chi connectivity index (χ4n) is 4.61. The molecule has 6 rings (SSSR count). The van der Waals surface area contributed by atoms with E-state index in [2.05, 4.69) is 83.1 Å². The zero-order chi connectivity index (χ0) is 28.2. The van der Waals surface area contributed by atoms with Crippen molar-refractivity contribution >= 4 is 39.9 Å². The monoisotopic (exact) mass is 564 g/mol. The van der Waals surface area contributed by atoms with Crippen molar-refractivity contribution < 1.29 is 9.53 Å². The largest absolute Gasteiger partial charge is 0.494 e. The molecule has 3 aromatic heterocycles. The predicted molar refractivity (Wildman–Crippen MR) is 159 cm³/mol. The first kappa shape index (κ1) is 26.2. The van der Waals surface area contributed by atoms with E-state index in [9.17, 15) is 4.79 Å². The number of anilines is 1. The van der Waals surface area contributed by atoms with Gasteiger partial charge in [-0.2, -0.15) is 11.3 Å². The maximum Gasteiger partial charge on any atom is 0.258 e. The van der Waals surface area contributed by atoms with Gasteiger partial charge in [-0.05, 0) is 86.8 Å². The summed E-state index contributed by atoms with van der Waals surface area (Å²) in [6.07, 6.45) is 0.941. The van der Waals surface area contributed by atoms with Crippen LogP contribution in [0.1, 0.15) is 29.3 Å². The van der Waals surface area contributed by atoms with Crippen LogP contribution < -0.4 is 15.7 Å². The standard InChI is InChI=1S/C30H28N8O2S/c1-3-15-40-25-12-13-26-27(17-25)37(2)30(31-24-10-8-21(9-11-24)23-14-16-41-19-23)38(26)18-20-4-6-22(7-5-20)28(39)32-29-33-35-36-34-29/h4-14,16-17,19H,3,15,18H2,1-2H3,(H2,32,33,34,35,36,39). The Balaban J connectivity index is 1.36. The topological polar surface area (TPSA) is 115 Å². The smallest absolute Gasteiger partial charge is 0.258 e. The second kappa shape index (κ2) is 11.6. The molecule has 0 bridgehead atoms. The number of tetrazole rings is 1. The zero-order valence-electron chi connectivity index (χ0n) is 22.6. The average Bonchev–Trinajstić information content (AvgIpc) is 3.77. The number of hydrogen-bond acceptors (Lipinski definition) is 7. The van der Waals surface area contributed by atoms with E-state index in [1.165, 1.54) is 5.56 Å². The minimum Gasteiger partial charge on any atom is -0.494 e. The van der Waals surface area contributed by atoms with Crippen LogP contribution in [-0.2, 0) is 13.6 Å². The Labute approximate surface area is 240 Å². The van der Waals surface area contributed by atoms with Crippen LogP contribution in [0.2, 0.25) is 0 Å². The summed E-state index contributed by atoms with van der Waals surface area (Å²) in [5.74, 6) is 0.729. The second-order valence-corrected chi connectivity index (χ2v) is 10.3. The lowest BCUT2D eigenvalue weighted by atomic mass is 10.1. The maximum absolute atomic E-state index is 12.6. The van der Waals surface area contributed by atoms with Crippen molar-refractivity contribution in [1.29, 1.82) is 0 Å². The summed E-state index contributed by atoms with van der Waals surface area (Å²) in [7, 11) is 2.02. The van der Waals surface area contributed by atoms with Crippen molar-refractivity contribution in [2.75, 3.05) is 11.9 Å². The summed E-state index contributed by atoms with van der Waals surface area (Å²) < 4.78 is 10.2. The SMILES string of the molecule is CCCOc1ccc2c(c1)n(C)c(=Nc1ccc(-c3ccsc3)cc1)n2Cc1ccc(C(=O)Nc2nnn[nH]2)cc1. The first-order chi connectivity index (χ1) is 20.1. The molecule has 2 N–H and O–H groups in total. The van der Waals surface area contributed by atoms with Gasteiger partial charge in [0.2, 0.25) is 11.6 Å². The number of carbonyl (C=O) groups excluding carboxylic acids is 1. The Hall–Kier alpha value is -5.03. The Bertz CT molecular complexity index is 1840. The van der Waals surface area contributed by atoms with Crippen LogP contribution in [0.15, 0.2) is 88.5 Å². The Morgan fingerprint density at radius 1 is 1.02 bits per heavy atom. The third kappa shape index (κ3) is 5.66. The number of rotatable bonds is 9. The number of hydrogen-bond donors (Lipinski definition) is 2. The number of thiophene rings is 1. The number of imidazole rings is 1. The van der Waals surface area contributed by atoms with E-state index in [0.29, 0.717) is 18.7 Å². The van der Waals surface area contributed by atoms with E-state index in [1.54, 1.807) is 23.5 Å². The summed E-state index contributed by atoms with van der Waals surface area (Å²) in [6.45, 7) is 3.32. The predicted octanol–water partition coefficient (Wildman–Crippen LogP) is 5.54. The van der Waals surface area contributed by atoms with E-state index >= 15 is 0 Å². The minimum atomic E-state index is -0.297. The summed E-state index contributed by atoms with van der Waals surface area (Å²) >= 11 is 1.69. The van der Waals surface area contributed by atoms with Crippen LogP contribution in [0.4, 0.5) is 11.6 Å². The number of ether oxygens (including phenoxy) is 1. The van der Waals surface area contributed by atoms with Crippen molar-refractivity contribution in [1.82, 2.24) is 29.8 Å². The summed E-state index contributed by atoms with van der Waals surface area (Å²) in [4.78, 5) is 17.6. The number of H-pyrrole nitrogens is 1. The van der Waals surface area contributed by atoms with Gasteiger partial charge in [0.15, 0.2) is 0 Å². The molecule has 0 spiro atoms. The molecule has 0 radical (unpaired) electrons. The van der Waals surface area contributed by atoms with E-state index in [0.717, 1.165) is 45.6 Å². The highest BCUT2D eigenvalue weighted by atomic mass is 32.1. The molecule has 0 fully saturated rings.